The number of thioether (sulfide) groups is 1. The van der Waals surface area contributed by atoms with E-state index in [1.54, 1.807) is 12.1 Å². The van der Waals surface area contributed by atoms with Gasteiger partial charge in [-0.1, -0.05) is 19.3 Å². The summed E-state index contributed by atoms with van der Waals surface area (Å²) in [5.74, 6) is -0.534. The highest BCUT2D eigenvalue weighted by Gasteiger charge is 2.17. The Morgan fingerprint density at radius 1 is 1.17 bits per heavy atom. The monoisotopic (exact) mass is 350 g/mol. The highest BCUT2D eigenvalue weighted by molar-refractivity contribution is 8.00. The summed E-state index contributed by atoms with van der Waals surface area (Å²) in [5, 5.41) is 14.2. The smallest absolute Gasteiger partial charge is 0.303 e. The standard InChI is InChI=1S/C17H22N2O4S/c20-15-11-24-14-8-7-12(10-13(14)19-15)17(23)18-9-5-3-1-2-4-6-16(21)22/h7-8,10H,1-6,9,11H2,(H,18,23)(H,19,20)(H,21,22). The molecule has 0 saturated carbocycles. The molecule has 1 aliphatic rings. The van der Waals surface area contributed by atoms with Crippen molar-refractivity contribution in [3.63, 3.8) is 0 Å². The van der Waals surface area contributed by atoms with Crippen LogP contribution >= 0.6 is 11.8 Å². The molecular weight excluding hydrogens is 328 g/mol. The summed E-state index contributed by atoms with van der Waals surface area (Å²) in [5.41, 5.74) is 1.24. The Morgan fingerprint density at radius 3 is 2.71 bits per heavy atom. The molecule has 2 amide bonds. The molecular formula is C17H22N2O4S. The summed E-state index contributed by atoms with van der Waals surface area (Å²) < 4.78 is 0. The van der Waals surface area contributed by atoms with Gasteiger partial charge in [-0.3, -0.25) is 14.4 Å². The molecule has 130 valence electrons. The number of unbranched alkanes of at least 4 members (excludes halogenated alkanes) is 4. The van der Waals surface area contributed by atoms with Crippen LogP contribution in [0.25, 0.3) is 0 Å². The molecule has 0 unspecified atom stereocenters. The molecule has 1 aliphatic heterocycles. The molecule has 0 bridgehead atoms. The third-order valence-corrected chi connectivity index (χ3v) is 4.80. The second-order valence-corrected chi connectivity index (χ2v) is 6.73. The minimum atomic E-state index is -0.748. The number of benzene rings is 1. The van der Waals surface area contributed by atoms with Gasteiger partial charge in [0.15, 0.2) is 0 Å². The van der Waals surface area contributed by atoms with Crippen LogP contribution < -0.4 is 10.6 Å². The Bertz CT molecular complexity index is 619. The van der Waals surface area contributed by atoms with Crippen molar-refractivity contribution in [3.8, 4) is 0 Å². The summed E-state index contributed by atoms with van der Waals surface area (Å²) in [6, 6.07) is 5.34. The molecule has 6 nitrogen and oxygen atoms in total. The minimum Gasteiger partial charge on any atom is -0.481 e. The Morgan fingerprint density at radius 2 is 1.92 bits per heavy atom. The fourth-order valence-corrected chi connectivity index (χ4v) is 3.25. The van der Waals surface area contributed by atoms with E-state index in [0.29, 0.717) is 30.0 Å². The van der Waals surface area contributed by atoms with Crippen LogP contribution in [0.3, 0.4) is 0 Å². The van der Waals surface area contributed by atoms with Crippen molar-refractivity contribution in [3.05, 3.63) is 23.8 Å². The molecule has 0 saturated heterocycles. The summed E-state index contributed by atoms with van der Waals surface area (Å²) in [4.78, 5) is 34.9. The molecule has 0 spiro atoms. The molecule has 3 N–H and O–H groups in total. The maximum atomic E-state index is 12.1. The predicted octanol–water partition coefficient (Wildman–Crippen LogP) is 2.89. The number of carboxylic acid groups (broad SMARTS) is 1. The van der Waals surface area contributed by atoms with Gasteiger partial charge in [0.1, 0.15) is 0 Å². The second-order valence-electron chi connectivity index (χ2n) is 5.72. The van der Waals surface area contributed by atoms with Gasteiger partial charge in [0.05, 0.1) is 11.4 Å². The van der Waals surface area contributed by atoms with Gasteiger partial charge in [-0.15, -0.1) is 11.8 Å². The number of amides is 2. The van der Waals surface area contributed by atoms with Gasteiger partial charge in [0, 0.05) is 23.4 Å². The van der Waals surface area contributed by atoms with Gasteiger partial charge in [0.25, 0.3) is 5.91 Å². The summed E-state index contributed by atoms with van der Waals surface area (Å²) in [6.07, 6.45) is 4.66. The van der Waals surface area contributed by atoms with Crippen molar-refractivity contribution in [2.45, 2.75) is 43.4 Å². The molecule has 0 radical (unpaired) electrons. The van der Waals surface area contributed by atoms with E-state index in [9.17, 15) is 14.4 Å². The normalized spacial score (nSPS) is 13.1. The molecule has 0 fully saturated rings. The topological polar surface area (TPSA) is 95.5 Å². The molecule has 0 aliphatic carbocycles. The molecule has 1 aromatic carbocycles. The third kappa shape index (κ3) is 5.88. The zero-order valence-corrected chi connectivity index (χ0v) is 14.3. The average Bonchev–Trinajstić information content (AvgIpc) is 2.56. The van der Waals surface area contributed by atoms with Crippen LogP contribution in [-0.4, -0.2) is 35.2 Å². The summed E-state index contributed by atoms with van der Waals surface area (Å²) in [7, 11) is 0. The van der Waals surface area contributed by atoms with E-state index in [0.717, 1.165) is 30.6 Å². The Hall–Kier alpha value is -2.02. The minimum absolute atomic E-state index is 0.0482. The van der Waals surface area contributed by atoms with Crippen molar-refractivity contribution in [2.75, 3.05) is 17.6 Å². The van der Waals surface area contributed by atoms with E-state index in [1.165, 1.54) is 11.8 Å². The SMILES string of the molecule is O=C(O)CCCCCCCNC(=O)c1ccc2c(c1)NC(=O)CS2. The van der Waals surface area contributed by atoms with Gasteiger partial charge in [0.2, 0.25) is 5.91 Å². The number of carbonyl (C=O) groups excluding carboxylic acids is 2. The lowest BCUT2D eigenvalue weighted by Crippen LogP contribution is -2.25. The molecule has 1 heterocycles. The number of carbonyl (C=O) groups is 3. The van der Waals surface area contributed by atoms with Crippen LogP contribution in [-0.2, 0) is 9.59 Å². The van der Waals surface area contributed by atoms with E-state index in [4.69, 9.17) is 5.11 Å². The van der Waals surface area contributed by atoms with Gasteiger partial charge in [-0.2, -0.15) is 0 Å². The van der Waals surface area contributed by atoms with E-state index in [1.807, 2.05) is 6.07 Å². The number of fused-ring (bicyclic) bond motifs is 1. The molecule has 0 atom stereocenters. The summed E-state index contributed by atoms with van der Waals surface area (Å²) >= 11 is 1.47. The highest BCUT2D eigenvalue weighted by atomic mass is 32.2. The Balaban J connectivity index is 1.67. The number of hydrogen-bond acceptors (Lipinski definition) is 4. The van der Waals surface area contributed by atoms with E-state index < -0.39 is 5.97 Å². The van der Waals surface area contributed by atoms with Crippen molar-refractivity contribution >= 4 is 35.2 Å². The first-order chi connectivity index (χ1) is 11.6. The van der Waals surface area contributed by atoms with Gasteiger partial charge < -0.3 is 15.7 Å². The summed E-state index contributed by atoms with van der Waals surface area (Å²) in [6.45, 7) is 0.593. The lowest BCUT2D eigenvalue weighted by Gasteiger charge is -2.16. The van der Waals surface area contributed by atoms with Crippen molar-refractivity contribution < 1.29 is 19.5 Å². The number of carboxylic acids is 1. The number of hydrogen-bond donors (Lipinski definition) is 3. The number of nitrogens with one attached hydrogen (secondary N) is 2. The van der Waals surface area contributed by atoms with E-state index in [2.05, 4.69) is 10.6 Å². The van der Waals surface area contributed by atoms with Gasteiger partial charge >= 0.3 is 5.97 Å². The lowest BCUT2D eigenvalue weighted by atomic mass is 10.1. The average molecular weight is 350 g/mol. The van der Waals surface area contributed by atoms with Crippen LogP contribution in [0.1, 0.15) is 48.9 Å². The highest BCUT2D eigenvalue weighted by Crippen LogP contribution is 2.31. The molecule has 0 aromatic heterocycles. The van der Waals surface area contributed by atoms with Crippen LogP contribution in [0.4, 0.5) is 5.69 Å². The van der Waals surface area contributed by atoms with Gasteiger partial charge in [-0.25, -0.2) is 0 Å². The van der Waals surface area contributed by atoms with E-state index >= 15 is 0 Å². The first kappa shape index (κ1) is 18.3. The zero-order valence-electron chi connectivity index (χ0n) is 13.5. The lowest BCUT2D eigenvalue weighted by molar-refractivity contribution is -0.137. The fourth-order valence-electron chi connectivity index (χ4n) is 2.46. The molecule has 2 rings (SSSR count). The number of anilines is 1. The quantitative estimate of drug-likeness (QED) is 0.595. The third-order valence-electron chi connectivity index (χ3n) is 3.73. The van der Waals surface area contributed by atoms with Crippen LogP contribution in [0.2, 0.25) is 0 Å². The zero-order chi connectivity index (χ0) is 17.4. The molecule has 7 heteroatoms. The van der Waals surface area contributed by atoms with Crippen LogP contribution in [0.15, 0.2) is 23.1 Å². The van der Waals surface area contributed by atoms with Crippen molar-refractivity contribution in [1.82, 2.24) is 5.32 Å². The Kier molecular flexibility index (Phi) is 7.11. The van der Waals surface area contributed by atoms with Crippen LogP contribution in [0, 0.1) is 0 Å². The maximum Gasteiger partial charge on any atom is 0.303 e. The van der Waals surface area contributed by atoms with Gasteiger partial charge in [-0.05, 0) is 31.0 Å². The van der Waals surface area contributed by atoms with Crippen molar-refractivity contribution in [1.29, 1.82) is 0 Å². The van der Waals surface area contributed by atoms with Crippen molar-refractivity contribution in [2.24, 2.45) is 0 Å². The number of rotatable bonds is 9. The first-order valence-electron chi connectivity index (χ1n) is 8.13. The molecule has 24 heavy (non-hydrogen) atoms. The number of aliphatic carboxylic acids is 1. The first-order valence-corrected chi connectivity index (χ1v) is 9.11. The molecule has 1 aromatic rings. The second kappa shape index (κ2) is 9.32. The van der Waals surface area contributed by atoms with E-state index in [-0.39, 0.29) is 18.2 Å². The van der Waals surface area contributed by atoms with Crippen LogP contribution in [0.5, 0.6) is 0 Å². The predicted molar refractivity (Wildman–Crippen MR) is 93.5 cm³/mol. The fraction of sp³-hybridized carbons (Fsp3) is 0.471. The Labute approximate surface area is 145 Å². The largest absolute Gasteiger partial charge is 0.481 e. The maximum absolute atomic E-state index is 12.1.